The van der Waals surface area contributed by atoms with Crippen LogP contribution in [0.4, 0.5) is 0 Å². The summed E-state index contributed by atoms with van der Waals surface area (Å²) in [6.07, 6.45) is 0.530. The van der Waals surface area contributed by atoms with Crippen LogP contribution < -0.4 is 5.76 Å². The number of aryl methyl sites for hydroxylation is 2. The van der Waals surface area contributed by atoms with Crippen molar-refractivity contribution in [1.29, 1.82) is 0 Å². The molecular weight excluding hydrogens is 210 g/mol. The molecule has 1 N–H and O–H groups in total. The number of carbonyl (C=O) groups is 1. The van der Waals surface area contributed by atoms with Crippen molar-refractivity contribution in [2.24, 2.45) is 7.05 Å². The van der Waals surface area contributed by atoms with Crippen LogP contribution in [0.15, 0.2) is 27.4 Å². The molecule has 0 saturated heterocycles. The summed E-state index contributed by atoms with van der Waals surface area (Å²) in [7, 11) is 1.62. The molecule has 0 spiro atoms. The zero-order valence-electron chi connectivity index (χ0n) is 8.77. The first kappa shape index (κ1) is 10.5. The van der Waals surface area contributed by atoms with E-state index in [1.165, 1.54) is 4.57 Å². The maximum atomic E-state index is 11.2. The van der Waals surface area contributed by atoms with Gasteiger partial charge in [-0.05, 0) is 24.1 Å². The number of aliphatic carboxylic acids is 1. The minimum Gasteiger partial charge on any atom is -0.481 e. The smallest absolute Gasteiger partial charge is 0.419 e. The second-order valence-electron chi connectivity index (χ2n) is 3.62. The summed E-state index contributed by atoms with van der Waals surface area (Å²) in [6, 6.07) is 5.24. The van der Waals surface area contributed by atoms with E-state index in [1.807, 2.05) is 0 Å². The van der Waals surface area contributed by atoms with Gasteiger partial charge in [-0.3, -0.25) is 9.36 Å². The topological polar surface area (TPSA) is 72.4 Å². The van der Waals surface area contributed by atoms with E-state index in [1.54, 1.807) is 25.2 Å². The molecule has 0 amide bonds. The second kappa shape index (κ2) is 3.84. The minimum absolute atomic E-state index is 0.0807. The molecule has 0 bridgehead atoms. The number of hydrogen-bond donors (Lipinski definition) is 1. The predicted molar refractivity (Wildman–Crippen MR) is 57.4 cm³/mol. The van der Waals surface area contributed by atoms with Gasteiger partial charge in [-0.2, -0.15) is 0 Å². The fourth-order valence-electron chi connectivity index (χ4n) is 1.58. The first-order valence-corrected chi connectivity index (χ1v) is 4.88. The van der Waals surface area contributed by atoms with Crippen LogP contribution in [0.3, 0.4) is 0 Å². The third kappa shape index (κ3) is 1.84. The lowest BCUT2D eigenvalue weighted by Crippen LogP contribution is -2.08. The largest absolute Gasteiger partial charge is 0.481 e. The second-order valence-corrected chi connectivity index (χ2v) is 3.62. The van der Waals surface area contributed by atoms with Crippen molar-refractivity contribution in [2.45, 2.75) is 12.8 Å². The third-order valence-corrected chi connectivity index (χ3v) is 2.48. The van der Waals surface area contributed by atoms with Crippen LogP contribution >= 0.6 is 0 Å². The van der Waals surface area contributed by atoms with Crippen molar-refractivity contribution in [2.75, 3.05) is 0 Å². The summed E-state index contributed by atoms with van der Waals surface area (Å²) in [6.45, 7) is 0. The Morgan fingerprint density at radius 3 is 2.94 bits per heavy atom. The van der Waals surface area contributed by atoms with E-state index in [-0.39, 0.29) is 6.42 Å². The highest BCUT2D eigenvalue weighted by Gasteiger charge is 2.07. The molecule has 1 aromatic heterocycles. The summed E-state index contributed by atoms with van der Waals surface area (Å²) in [4.78, 5) is 21.7. The molecule has 16 heavy (non-hydrogen) atoms. The molecule has 0 aliphatic rings. The van der Waals surface area contributed by atoms with Crippen LogP contribution in [0, 0.1) is 0 Å². The number of aromatic nitrogens is 1. The Balaban J connectivity index is 2.39. The number of carboxylic acids is 1. The Hall–Kier alpha value is -2.04. The monoisotopic (exact) mass is 221 g/mol. The van der Waals surface area contributed by atoms with Gasteiger partial charge >= 0.3 is 11.7 Å². The van der Waals surface area contributed by atoms with E-state index in [2.05, 4.69) is 0 Å². The first-order valence-electron chi connectivity index (χ1n) is 4.88. The van der Waals surface area contributed by atoms with E-state index < -0.39 is 11.7 Å². The van der Waals surface area contributed by atoms with Gasteiger partial charge in [0.25, 0.3) is 0 Å². The van der Waals surface area contributed by atoms with Crippen molar-refractivity contribution in [3.8, 4) is 0 Å². The van der Waals surface area contributed by atoms with Crippen LogP contribution in [0.2, 0.25) is 0 Å². The Labute approximate surface area is 90.9 Å². The van der Waals surface area contributed by atoms with E-state index in [9.17, 15) is 9.59 Å². The van der Waals surface area contributed by atoms with Crippen LogP contribution in [0.25, 0.3) is 11.1 Å². The predicted octanol–water partition coefficient (Wildman–Crippen LogP) is 1.15. The number of fused-ring (bicyclic) bond motifs is 1. The highest BCUT2D eigenvalue weighted by atomic mass is 16.4. The maximum Gasteiger partial charge on any atom is 0.419 e. The lowest BCUT2D eigenvalue weighted by Gasteiger charge is -1.98. The molecule has 1 heterocycles. The zero-order valence-corrected chi connectivity index (χ0v) is 8.77. The first-order chi connectivity index (χ1) is 7.58. The van der Waals surface area contributed by atoms with Gasteiger partial charge in [0, 0.05) is 13.5 Å². The number of hydrogen-bond acceptors (Lipinski definition) is 3. The average molecular weight is 221 g/mol. The van der Waals surface area contributed by atoms with Gasteiger partial charge in [0.1, 0.15) is 0 Å². The lowest BCUT2D eigenvalue weighted by molar-refractivity contribution is -0.136. The van der Waals surface area contributed by atoms with Crippen molar-refractivity contribution >= 4 is 17.1 Å². The van der Waals surface area contributed by atoms with E-state index in [0.29, 0.717) is 17.5 Å². The van der Waals surface area contributed by atoms with Gasteiger partial charge in [-0.15, -0.1) is 0 Å². The number of benzene rings is 1. The number of nitrogens with zero attached hydrogens (tertiary/aromatic N) is 1. The molecule has 0 aliphatic carbocycles. The molecule has 84 valence electrons. The van der Waals surface area contributed by atoms with Gasteiger partial charge < -0.3 is 9.52 Å². The number of rotatable bonds is 3. The van der Waals surface area contributed by atoms with E-state index in [0.717, 1.165) is 5.56 Å². The van der Waals surface area contributed by atoms with Gasteiger partial charge in [0.15, 0.2) is 5.58 Å². The molecule has 0 unspecified atom stereocenters. The highest BCUT2D eigenvalue weighted by molar-refractivity contribution is 5.74. The summed E-state index contributed by atoms with van der Waals surface area (Å²) >= 11 is 0. The van der Waals surface area contributed by atoms with E-state index in [4.69, 9.17) is 9.52 Å². The van der Waals surface area contributed by atoms with Crippen LogP contribution in [-0.4, -0.2) is 15.6 Å². The normalized spacial score (nSPS) is 10.8. The zero-order chi connectivity index (χ0) is 11.7. The summed E-state index contributed by atoms with van der Waals surface area (Å²) in [5, 5.41) is 8.57. The summed E-state index contributed by atoms with van der Waals surface area (Å²) in [5.41, 5.74) is 2.09. The Kier molecular flexibility index (Phi) is 2.52. The molecule has 0 atom stereocenters. The molecule has 0 aliphatic heterocycles. The number of carboxylic acid groups (broad SMARTS) is 1. The Morgan fingerprint density at radius 2 is 2.25 bits per heavy atom. The molecule has 0 fully saturated rings. The van der Waals surface area contributed by atoms with Gasteiger partial charge in [-0.25, -0.2) is 4.79 Å². The highest BCUT2D eigenvalue weighted by Crippen LogP contribution is 2.15. The standard InChI is InChI=1S/C11H11NO4/c1-12-8-6-7(3-5-10(13)14)2-4-9(8)16-11(12)15/h2,4,6H,3,5H2,1H3,(H,13,14). The van der Waals surface area contributed by atoms with Crippen LogP contribution in [0.1, 0.15) is 12.0 Å². The summed E-state index contributed by atoms with van der Waals surface area (Å²) < 4.78 is 6.37. The molecule has 5 heteroatoms. The molecule has 0 saturated carbocycles. The summed E-state index contributed by atoms with van der Waals surface area (Å²) in [5.74, 6) is -1.24. The maximum absolute atomic E-state index is 11.2. The average Bonchev–Trinajstić information content (AvgIpc) is 2.52. The number of oxazole rings is 1. The fraction of sp³-hybridized carbons (Fsp3) is 0.273. The molecule has 1 aromatic carbocycles. The lowest BCUT2D eigenvalue weighted by atomic mass is 10.1. The van der Waals surface area contributed by atoms with Crippen LogP contribution in [0.5, 0.6) is 0 Å². The Bertz CT molecular complexity index is 594. The van der Waals surface area contributed by atoms with Crippen molar-refractivity contribution in [3.63, 3.8) is 0 Å². The van der Waals surface area contributed by atoms with E-state index >= 15 is 0 Å². The van der Waals surface area contributed by atoms with Crippen molar-refractivity contribution in [3.05, 3.63) is 34.3 Å². The molecular formula is C11H11NO4. The quantitative estimate of drug-likeness (QED) is 0.843. The van der Waals surface area contributed by atoms with Crippen molar-refractivity contribution in [1.82, 2.24) is 4.57 Å². The third-order valence-electron chi connectivity index (χ3n) is 2.48. The minimum atomic E-state index is -0.832. The molecule has 2 rings (SSSR count). The van der Waals surface area contributed by atoms with Crippen molar-refractivity contribution < 1.29 is 14.3 Å². The van der Waals surface area contributed by atoms with Gasteiger partial charge in [0.2, 0.25) is 0 Å². The molecule has 0 radical (unpaired) electrons. The molecule has 5 nitrogen and oxygen atoms in total. The van der Waals surface area contributed by atoms with Gasteiger partial charge in [-0.1, -0.05) is 6.07 Å². The molecule has 2 aromatic rings. The Morgan fingerprint density at radius 1 is 1.50 bits per heavy atom. The van der Waals surface area contributed by atoms with Crippen LogP contribution in [-0.2, 0) is 18.3 Å². The fourth-order valence-corrected chi connectivity index (χ4v) is 1.58. The van der Waals surface area contributed by atoms with Gasteiger partial charge in [0.05, 0.1) is 5.52 Å². The SMILES string of the molecule is Cn1c(=O)oc2ccc(CCC(=O)O)cc21.